The number of carbonyl (C=O) groups excluding carboxylic acids is 4. The van der Waals surface area contributed by atoms with Crippen molar-refractivity contribution in [3.63, 3.8) is 0 Å². The van der Waals surface area contributed by atoms with E-state index in [0.717, 1.165) is 27.7 Å². The van der Waals surface area contributed by atoms with Crippen LogP contribution in [-0.2, 0) is 95.0 Å². The molecule has 0 unspecified atom stereocenters. The molecule has 0 saturated carbocycles. The Morgan fingerprint density at radius 1 is 0.304 bits per heavy atom. The third kappa shape index (κ3) is 21.2. The first kappa shape index (κ1) is 93.7. The van der Waals surface area contributed by atoms with Crippen LogP contribution in [0, 0.1) is 0 Å². The van der Waals surface area contributed by atoms with E-state index in [1.165, 1.54) is 0 Å². The number of ether oxygens (including phenoxy) is 16. The summed E-state index contributed by atoms with van der Waals surface area (Å²) < 4.78 is 94.8. The molecule has 650 valence electrons. The maximum Gasteiger partial charge on any atom is 0.217 e. The van der Waals surface area contributed by atoms with Crippen molar-refractivity contribution in [3.8, 4) is 0 Å². The normalized spacial score (nSPS) is 45.9. The molecule has 50 nitrogen and oxygen atoms in total. The van der Waals surface area contributed by atoms with Crippen LogP contribution >= 0.6 is 0 Å². The summed E-state index contributed by atoms with van der Waals surface area (Å²) in [5.74, 6) is -3.70. The number of nitrogens with one attached hydrogen (secondary N) is 4. The Balaban J connectivity index is 1.15. The summed E-state index contributed by atoms with van der Waals surface area (Å²) in [6.45, 7) is -7.39. The Labute approximate surface area is 634 Å². The van der Waals surface area contributed by atoms with Crippen molar-refractivity contribution in [2.75, 3.05) is 66.1 Å². The first-order valence-electron chi connectivity index (χ1n) is 35.6. The zero-order valence-electron chi connectivity index (χ0n) is 60.3. The molecule has 0 radical (unpaired) electrons. The third-order valence-corrected chi connectivity index (χ3v) is 20.0. The second-order valence-electron chi connectivity index (χ2n) is 27.9. The number of hydrogen-bond acceptors (Lipinski definition) is 46. The van der Waals surface area contributed by atoms with Crippen LogP contribution in [-0.4, -0.2) is 492 Å². The number of aliphatic hydroxyl groups is 26. The van der Waals surface area contributed by atoms with E-state index in [4.69, 9.17) is 75.8 Å². The van der Waals surface area contributed by atoms with Gasteiger partial charge >= 0.3 is 0 Å². The molecule has 8 aliphatic rings. The highest BCUT2D eigenvalue weighted by Gasteiger charge is 2.61. The number of carbonyl (C=O) groups is 4. The van der Waals surface area contributed by atoms with Crippen molar-refractivity contribution in [2.45, 2.75) is 298 Å². The monoisotopic (exact) mass is 1640 g/mol. The molecule has 0 bridgehead atoms. The van der Waals surface area contributed by atoms with E-state index in [9.17, 15) is 152 Å². The molecule has 8 aliphatic heterocycles. The van der Waals surface area contributed by atoms with Crippen molar-refractivity contribution in [2.24, 2.45) is 0 Å². The van der Waals surface area contributed by atoms with Crippen LogP contribution in [0.4, 0.5) is 0 Å². The van der Waals surface area contributed by atoms with Gasteiger partial charge in [-0.3, -0.25) is 19.2 Å². The van der Waals surface area contributed by atoms with Crippen LogP contribution in [0.1, 0.15) is 27.7 Å². The van der Waals surface area contributed by atoms with Crippen molar-refractivity contribution in [1.82, 2.24) is 21.3 Å². The molecule has 44 atom stereocenters. The molecule has 8 rings (SSSR count). The summed E-state index contributed by atoms with van der Waals surface area (Å²) in [7, 11) is 0. The highest BCUT2D eigenvalue weighted by Crippen LogP contribution is 2.40. The van der Waals surface area contributed by atoms with Crippen LogP contribution in [0.3, 0.4) is 0 Å². The van der Waals surface area contributed by atoms with Gasteiger partial charge in [-0.15, -0.1) is 0 Å². The average molecular weight is 1640 g/mol. The van der Waals surface area contributed by atoms with E-state index in [1.54, 1.807) is 0 Å². The number of hydrogen-bond donors (Lipinski definition) is 30. The summed E-state index contributed by atoms with van der Waals surface area (Å²) in [4.78, 5) is 50.8. The highest BCUT2D eigenvalue weighted by molar-refractivity contribution is 5.74. The van der Waals surface area contributed by atoms with Gasteiger partial charge in [0.2, 0.25) is 23.6 Å². The third-order valence-electron chi connectivity index (χ3n) is 20.0. The van der Waals surface area contributed by atoms with E-state index >= 15 is 0 Å². The zero-order valence-corrected chi connectivity index (χ0v) is 60.3. The van der Waals surface area contributed by atoms with E-state index in [0.29, 0.717) is 0 Å². The van der Waals surface area contributed by atoms with Crippen molar-refractivity contribution >= 4 is 23.6 Å². The standard InChI is InChI=1S/C62H106N4O46/c1-15(76)63-19(5-67)32(81)48(20(80)6-68)106-55-29(64-16(2)77)38(87)51(27(13-75)102-55)109-60-47(96)52(110-62-54(44(93)36(85)24(10-72)101-62)112-57-31(66-18(4)79)40(89)50(26(12-74)104-57)108-59-46(95)42(91)34(83)22(8-70)99-59)37(86)28(105-60)14-97-61-53(43(92)35(84)23(9-71)100-61)111-56-30(65-17(3)78)39(88)49(25(11-73)103-56)107-58-45(94)41(90)33(82)21(7-69)98-58/h19-62,67-75,80-96H,5-14H2,1-4H3,(H,63,76)(H,64,77)(H,65,78)(H,66,79)/t19-,20+,21+,22+,23+,24+,25+,26+,27+,28+,29+,30+,31+,32+,33-,34-,35+,36+,37+,38+,39+,40+,41-,42-,43-,44-,45+,46+,47-,48+,49+,50+,51+,52-,53-,54-,55-,56-,57-,58-,59-,60+,61-,62+/m0/s1. The molecule has 0 aromatic heterocycles. The molecule has 0 spiro atoms. The Morgan fingerprint density at radius 3 is 0.982 bits per heavy atom. The predicted molar refractivity (Wildman–Crippen MR) is 346 cm³/mol. The van der Waals surface area contributed by atoms with Gasteiger partial charge < -0.3 is 230 Å². The van der Waals surface area contributed by atoms with E-state index in [1.807, 2.05) is 0 Å². The number of amides is 4. The SMILES string of the molecule is CC(=O)N[C@H]1[C@H](O[C@@H]([C@H](O)[C@H](CO)NC(C)=O)[C@H](O)CO)O[C@H](CO)[C@@H](O[C@H]2O[C@H](CO[C@H]3O[C@H](CO)[C@@H](O)[C@H](O)[C@@H]3O[C@@H]3O[C@H](CO)[C@@H](O[C@@H]4O[C@H](CO)[C@H](O)[C@H](O)[C@H]4O)[C@H](O)[C@H]3NC(C)=O)[C@@H](O)[C@H](O[C@H]3O[C@H](CO)[C@@H](O)[C@H](O)[C@@H]3O[C@@H]3O[C@H](CO)[C@@H](O[C@@H]4O[C@H](CO)[C@H](O)[C@H](O)[C@H]4O)[C@H](O)[C@H]3NC(C)=O)[C@@H]2O)[C@@H]1O. The minimum absolute atomic E-state index is 0.813. The topological polar surface area (TPSA) is 790 Å². The number of aliphatic hydroxyl groups excluding tert-OH is 26. The van der Waals surface area contributed by atoms with E-state index in [2.05, 4.69) is 21.3 Å². The van der Waals surface area contributed by atoms with Crippen LogP contribution in [0.5, 0.6) is 0 Å². The second-order valence-corrected chi connectivity index (χ2v) is 27.9. The molecule has 8 fully saturated rings. The maximum atomic E-state index is 13.0. The van der Waals surface area contributed by atoms with Gasteiger partial charge in [-0.2, -0.15) is 0 Å². The van der Waals surface area contributed by atoms with Gasteiger partial charge in [-0.25, -0.2) is 0 Å². The lowest BCUT2D eigenvalue weighted by molar-refractivity contribution is -0.398. The van der Waals surface area contributed by atoms with Gasteiger partial charge in [-0.1, -0.05) is 0 Å². The maximum absolute atomic E-state index is 13.0. The predicted octanol–water partition coefficient (Wildman–Crippen LogP) is -20.4. The lowest BCUT2D eigenvalue weighted by atomic mass is 9.94. The van der Waals surface area contributed by atoms with Gasteiger partial charge in [0.1, 0.15) is 213 Å². The molecule has 8 heterocycles. The molecule has 0 aliphatic carbocycles. The van der Waals surface area contributed by atoms with Crippen molar-refractivity contribution in [1.29, 1.82) is 0 Å². The Hall–Kier alpha value is -3.80. The number of rotatable bonds is 33. The fourth-order valence-electron chi connectivity index (χ4n) is 14.0. The van der Waals surface area contributed by atoms with Gasteiger partial charge in [0, 0.05) is 27.7 Å². The van der Waals surface area contributed by atoms with E-state index < -0.39 is 360 Å². The molecule has 30 N–H and O–H groups in total. The zero-order chi connectivity index (χ0) is 82.9. The minimum Gasteiger partial charge on any atom is -0.394 e. The molecule has 112 heavy (non-hydrogen) atoms. The highest BCUT2D eigenvalue weighted by atomic mass is 16.8. The fraction of sp³-hybridized carbons (Fsp3) is 0.935. The first-order valence-corrected chi connectivity index (χ1v) is 35.6. The summed E-state index contributed by atoms with van der Waals surface area (Å²) in [6, 6.07) is -7.50. The Bertz CT molecular complexity index is 2920. The molecule has 50 heteroatoms. The lowest BCUT2D eigenvalue weighted by Crippen LogP contribution is -2.70. The molecule has 0 aromatic carbocycles. The molecule has 8 saturated heterocycles. The second kappa shape index (κ2) is 41.7. The average Bonchev–Trinajstić information content (AvgIpc) is 0.771. The van der Waals surface area contributed by atoms with Crippen LogP contribution < -0.4 is 21.3 Å². The smallest absolute Gasteiger partial charge is 0.217 e. The largest absolute Gasteiger partial charge is 0.394 e. The van der Waals surface area contributed by atoms with Crippen LogP contribution in [0.25, 0.3) is 0 Å². The van der Waals surface area contributed by atoms with Crippen LogP contribution in [0.15, 0.2) is 0 Å². The summed E-state index contributed by atoms with van der Waals surface area (Å²) in [6.07, 6.45) is -84.7. The van der Waals surface area contributed by atoms with Crippen LogP contribution in [0.2, 0.25) is 0 Å². The Morgan fingerprint density at radius 2 is 0.616 bits per heavy atom. The molecule has 0 aromatic rings. The van der Waals surface area contributed by atoms with Crippen molar-refractivity contribution in [3.05, 3.63) is 0 Å². The molecular formula is C62H106N4O46. The van der Waals surface area contributed by atoms with Crippen molar-refractivity contribution < 1.29 is 228 Å². The first-order chi connectivity index (χ1) is 53.0. The van der Waals surface area contributed by atoms with Gasteiger partial charge in [-0.05, 0) is 0 Å². The molecule has 4 amide bonds. The summed E-state index contributed by atoms with van der Waals surface area (Å²) in [5, 5.41) is 296. The quantitative estimate of drug-likeness (QED) is 0.0290. The summed E-state index contributed by atoms with van der Waals surface area (Å²) in [5.41, 5.74) is 0. The summed E-state index contributed by atoms with van der Waals surface area (Å²) >= 11 is 0. The fourth-order valence-corrected chi connectivity index (χ4v) is 14.0. The minimum atomic E-state index is -2.60. The Kier molecular flexibility index (Phi) is 34.9. The van der Waals surface area contributed by atoms with Gasteiger partial charge in [0.25, 0.3) is 0 Å². The van der Waals surface area contributed by atoms with E-state index in [-0.39, 0.29) is 0 Å². The van der Waals surface area contributed by atoms with Gasteiger partial charge in [0.05, 0.1) is 72.1 Å². The molecular weight excluding hydrogens is 1540 g/mol. The van der Waals surface area contributed by atoms with Gasteiger partial charge in [0.15, 0.2) is 50.3 Å². The lowest BCUT2D eigenvalue weighted by Gasteiger charge is -2.51.